The van der Waals surface area contributed by atoms with E-state index in [4.69, 9.17) is 15.7 Å². The van der Waals surface area contributed by atoms with Crippen molar-refractivity contribution in [2.45, 2.75) is 18.9 Å². The third-order valence-corrected chi connectivity index (χ3v) is 1.78. The van der Waals surface area contributed by atoms with Crippen molar-refractivity contribution in [3.05, 3.63) is 0 Å². The Hall–Kier alpha value is -0.590. The van der Waals surface area contributed by atoms with Crippen molar-refractivity contribution >= 4 is 0 Å². The summed E-state index contributed by atoms with van der Waals surface area (Å²) < 4.78 is 5.14. The van der Waals surface area contributed by atoms with Gasteiger partial charge in [-0.05, 0) is 18.8 Å². The average Bonchev–Trinajstić information content (AvgIpc) is 2.40. The van der Waals surface area contributed by atoms with Crippen molar-refractivity contribution in [1.82, 2.24) is 0 Å². The van der Waals surface area contributed by atoms with E-state index in [0.29, 0.717) is 5.92 Å². The first-order valence-electron chi connectivity index (χ1n) is 3.56. The molecular weight excluding hydrogens is 128 g/mol. The van der Waals surface area contributed by atoms with Crippen LogP contribution in [0.3, 0.4) is 0 Å². The van der Waals surface area contributed by atoms with E-state index in [9.17, 15) is 0 Å². The van der Waals surface area contributed by atoms with E-state index >= 15 is 0 Å². The summed E-state index contributed by atoms with van der Waals surface area (Å²) >= 11 is 0. The molecule has 1 rings (SSSR count). The lowest BCUT2D eigenvalue weighted by atomic mass is 10.0. The molecule has 0 aromatic carbocycles. The molecule has 0 unspecified atom stereocenters. The molecule has 0 saturated carbocycles. The molecule has 0 aliphatic carbocycles. The largest absolute Gasteiger partial charge is 0.381 e. The molecule has 10 heavy (non-hydrogen) atoms. The molecule has 2 atom stereocenters. The van der Waals surface area contributed by atoms with E-state index < -0.39 is 0 Å². The van der Waals surface area contributed by atoms with Crippen LogP contribution in [0.1, 0.15) is 12.8 Å². The van der Waals surface area contributed by atoms with Gasteiger partial charge in [-0.2, -0.15) is 5.26 Å². The number of nitriles is 1. The molecule has 3 nitrogen and oxygen atoms in total. The highest BCUT2D eigenvalue weighted by atomic mass is 16.5. The van der Waals surface area contributed by atoms with Crippen LogP contribution in [0.25, 0.3) is 0 Å². The minimum Gasteiger partial charge on any atom is -0.381 e. The van der Waals surface area contributed by atoms with Gasteiger partial charge in [0.2, 0.25) is 0 Å². The molecule has 1 fully saturated rings. The Labute approximate surface area is 60.8 Å². The zero-order chi connectivity index (χ0) is 7.40. The Balaban J connectivity index is 2.19. The Morgan fingerprint density at radius 2 is 2.60 bits per heavy atom. The molecule has 56 valence electrons. The highest BCUT2D eigenvalue weighted by molar-refractivity contribution is 4.88. The smallest absolute Gasteiger partial charge is 0.0931 e. The lowest BCUT2D eigenvalue weighted by molar-refractivity contribution is 0.183. The maximum Gasteiger partial charge on any atom is 0.0931 e. The normalized spacial score (nSPS) is 27.8. The predicted molar refractivity (Wildman–Crippen MR) is 37.1 cm³/mol. The van der Waals surface area contributed by atoms with Crippen molar-refractivity contribution in [2.75, 3.05) is 13.2 Å². The Bertz CT molecular complexity index is 135. The zero-order valence-corrected chi connectivity index (χ0v) is 5.92. The van der Waals surface area contributed by atoms with Gasteiger partial charge in [0.05, 0.1) is 12.1 Å². The van der Waals surface area contributed by atoms with Crippen LogP contribution in [-0.2, 0) is 4.74 Å². The van der Waals surface area contributed by atoms with E-state index in [-0.39, 0.29) is 6.04 Å². The van der Waals surface area contributed by atoms with Gasteiger partial charge in [-0.15, -0.1) is 0 Å². The zero-order valence-electron chi connectivity index (χ0n) is 5.92. The third-order valence-electron chi connectivity index (χ3n) is 1.78. The van der Waals surface area contributed by atoms with E-state index in [1.165, 1.54) is 0 Å². The monoisotopic (exact) mass is 140 g/mol. The van der Waals surface area contributed by atoms with Crippen LogP contribution in [0.2, 0.25) is 0 Å². The van der Waals surface area contributed by atoms with E-state index in [1.807, 2.05) is 6.07 Å². The first-order chi connectivity index (χ1) is 4.83. The second-order valence-corrected chi connectivity index (χ2v) is 2.70. The molecule has 1 heterocycles. The van der Waals surface area contributed by atoms with Crippen molar-refractivity contribution < 1.29 is 4.74 Å². The van der Waals surface area contributed by atoms with Crippen LogP contribution in [0.15, 0.2) is 0 Å². The molecule has 0 amide bonds. The average molecular weight is 140 g/mol. The van der Waals surface area contributed by atoms with Gasteiger partial charge in [0.15, 0.2) is 0 Å². The topological polar surface area (TPSA) is 59.0 Å². The third kappa shape index (κ3) is 1.98. The van der Waals surface area contributed by atoms with Gasteiger partial charge in [0.1, 0.15) is 0 Å². The van der Waals surface area contributed by atoms with Gasteiger partial charge in [-0.25, -0.2) is 0 Å². The second-order valence-electron chi connectivity index (χ2n) is 2.70. The van der Waals surface area contributed by atoms with Crippen molar-refractivity contribution in [3.8, 4) is 6.07 Å². The molecule has 3 heteroatoms. The van der Waals surface area contributed by atoms with Crippen LogP contribution < -0.4 is 5.73 Å². The van der Waals surface area contributed by atoms with Crippen LogP contribution >= 0.6 is 0 Å². The lowest BCUT2D eigenvalue weighted by Crippen LogP contribution is -2.21. The van der Waals surface area contributed by atoms with Crippen LogP contribution in [0.4, 0.5) is 0 Å². The number of hydrogen-bond acceptors (Lipinski definition) is 3. The van der Waals surface area contributed by atoms with Crippen molar-refractivity contribution in [2.24, 2.45) is 11.7 Å². The summed E-state index contributed by atoms with van der Waals surface area (Å²) in [7, 11) is 0. The molecule has 0 bridgehead atoms. The van der Waals surface area contributed by atoms with Crippen LogP contribution in [0.5, 0.6) is 0 Å². The Morgan fingerprint density at radius 1 is 1.80 bits per heavy atom. The Morgan fingerprint density at radius 3 is 3.10 bits per heavy atom. The lowest BCUT2D eigenvalue weighted by Gasteiger charge is -2.06. The van der Waals surface area contributed by atoms with Crippen molar-refractivity contribution in [3.63, 3.8) is 0 Å². The van der Waals surface area contributed by atoms with Crippen LogP contribution in [-0.4, -0.2) is 19.3 Å². The number of nitrogens with zero attached hydrogens (tertiary/aromatic N) is 1. The fraction of sp³-hybridized carbons (Fsp3) is 0.857. The van der Waals surface area contributed by atoms with E-state index in [2.05, 4.69) is 0 Å². The summed E-state index contributed by atoms with van der Waals surface area (Å²) in [5.74, 6) is 0.523. The highest BCUT2D eigenvalue weighted by Gasteiger charge is 2.17. The molecule has 0 spiro atoms. The fourth-order valence-electron chi connectivity index (χ4n) is 1.18. The summed E-state index contributed by atoms with van der Waals surface area (Å²) in [6, 6.07) is 1.71. The maximum atomic E-state index is 8.38. The molecule has 1 aliphatic heterocycles. The first kappa shape index (κ1) is 7.52. The number of nitrogens with two attached hydrogens (primary N) is 1. The molecular formula is C7H12N2O. The number of rotatable bonds is 2. The van der Waals surface area contributed by atoms with Crippen LogP contribution in [0, 0.1) is 17.2 Å². The molecule has 0 radical (unpaired) electrons. The summed E-state index contributed by atoms with van der Waals surface area (Å²) in [5, 5.41) is 8.38. The standard InChI is InChI=1S/C7H12N2O/c8-4-7(9)3-6-1-2-10-5-6/h6-7H,1-3,5,9H2/t6-,7-/m1/s1. The Kier molecular flexibility index (Phi) is 2.67. The van der Waals surface area contributed by atoms with Gasteiger partial charge in [-0.3, -0.25) is 0 Å². The molecule has 1 aliphatic rings. The van der Waals surface area contributed by atoms with Gasteiger partial charge >= 0.3 is 0 Å². The summed E-state index contributed by atoms with van der Waals surface area (Å²) in [6.07, 6.45) is 1.85. The van der Waals surface area contributed by atoms with Gasteiger partial charge in [0.25, 0.3) is 0 Å². The van der Waals surface area contributed by atoms with Gasteiger partial charge < -0.3 is 10.5 Å². The van der Waals surface area contributed by atoms with Gasteiger partial charge in [-0.1, -0.05) is 0 Å². The van der Waals surface area contributed by atoms with E-state index in [1.54, 1.807) is 0 Å². The summed E-state index contributed by atoms with van der Waals surface area (Å²) in [5.41, 5.74) is 5.44. The highest BCUT2D eigenvalue weighted by Crippen LogP contribution is 2.16. The summed E-state index contributed by atoms with van der Waals surface area (Å²) in [6.45, 7) is 1.62. The summed E-state index contributed by atoms with van der Waals surface area (Å²) in [4.78, 5) is 0. The molecule has 0 aromatic heterocycles. The maximum absolute atomic E-state index is 8.38. The molecule has 2 N–H and O–H groups in total. The van der Waals surface area contributed by atoms with Gasteiger partial charge in [0, 0.05) is 13.2 Å². The molecule has 0 aromatic rings. The van der Waals surface area contributed by atoms with E-state index in [0.717, 1.165) is 26.1 Å². The number of ether oxygens (including phenoxy) is 1. The quantitative estimate of drug-likeness (QED) is 0.598. The fourth-order valence-corrected chi connectivity index (χ4v) is 1.18. The minimum atomic E-state index is -0.299. The van der Waals surface area contributed by atoms with Crippen molar-refractivity contribution in [1.29, 1.82) is 5.26 Å². The SMILES string of the molecule is N#C[C@H](N)C[C@H]1CCOC1. The number of hydrogen-bond donors (Lipinski definition) is 1. The second kappa shape index (κ2) is 3.55. The predicted octanol–water partition coefficient (Wildman–Crippen LogP) is 0.264. The minimum absolute atomic E-state index is 0.299. The first-order valence-corrected chi connectivity index (χ1v) is 3.56. The molecule has 1 saturated heterocycles.